The Bertz CT molecular complexity index is 183. The molecule has 1 aromatic heterocycles. The molecule has 0 radical (unpaired) electrons. The average molecular weight is 141 g/mol. The van der Waals surface area contributed by atoms with Gasteiger partial charge in [0.15, 0.2) is 5.82 Å². The molecule has 0 aliphatic heterocycles. The van der Waals surface area contributed by atoms with Crippen LogP contribution >= 0.6 is 0 Å². The zero-order chi connectivity index (χ0) is 7.56. The maximum Gasteiger partial charge on any atom is 0.213 e. The van der Waals surface area contributed by atoms with Crippen LogP contribution in [0.2, 0.25) is 0 Å². The van der Waals surface area contributed by atoms with Gasteiger partial charge in [-0.2, -0.15) is 4.98 Å². The van der Waals surface area contributed by atoms with Crippen molar-refractivity contribution in [3.8, 4) is 0 Å². The third-order valence-corrected chi connectivity index (χ3v) is 1.53. The third-order valence-electron chi connectivity index (χ3n) is 1.53. The van der Waals surface area contributed by atoms with Crippen molar-refractivity contribution < 1.29 is 4.52 Å². The van der Waals surface area contributed by atoms with Gasteiger partial charge in [-0.25, -0.2) is 0 Å². The molecule has 0 spiro atoms. The molecule has 0 saturated carbocycles. The zero-order valence-electron chi connectivity index (χ0n) is 6.40. The van der Waals surface area contributed by atoms with Gasteiger partial charge >= 0.3 is 0 Å². The van der Waals surface area contributed by atoms with Crippen molar-refractivity contribution in [1.29, 1.82) is 0 Å². The molecule has 0 saturated heterocycles. The summed E-state index contributed by atoms with van der Waals surface area (Å²) >= 11 is 0. The van der Waals surface area contributed by atoms with Crippen LogP contribution in [-0.4, -0.2) is 29.1 Å². The number of nitrogens with zero attached hydrogens (tertiary/aromatic N) is 3. The van der Waals surface area contributed by atoms with Crippen LogP contribution in [0.3, 0.4) is 0 Å². The van der Waals surface area contributed by atoms with E-state index >= 15 is 0 Å². The molecule has 4 nitrogen and oxygen atoms in total. The molecule has 0 N–H and O–H groups in total. The summed E-state index contributed by atoms with van der Waals surface area (Å²) < 4.78 is 4.60. The molecule has 0 fully saturated rings. The first-order valence-corrected chi connectivity index (χ1v) is 3.14. The molecule has 1 rings (SSSR count). The average Bonchev–Trinajstić information content (AvgIpc) is 2.36. The van der Waals surface area contributed by atoms with Gasteiger partial charge in [-0.05, 0) is 21.0 Å². The second-order valence-electron chi connectivity index (χ2n) is 2.43. The Kier molecular flexibility index (Phi) is 2.01. The smallest absolute Gasteiger partial charge is 0.213 e. The predicted molar refractivity (Wildman–Crippen MR) is 36.4 cm³/mol. The largest absolute Gasteiger partial charge is 0.343 e. The molecule has 1 heterocycles. The first-order chi connectivity index (χ1) is 4.72. The van der Waals surface area contributed by atoms with Crippen molar-refractivity contribution in [3.05, 3.63) is 12.2 Å². The highest BCUT2D eigenvalue weighted by atomic mass is 16.5. The summed E-state index contributed by atoms with van der Waals surface area (Å²) in [5.41, 5.74) is 0. The molecule has 1 unspecified atom stereocenters. The quantitative estimate of drug-likeness (QED) is 0.607. The number of hydrogen-bond acceptors (Lipinski definition) is 4. The highest BCUT2D eigenvalue weighted by molar-refractivity contribution is 4.86. The zero-order valence-corrected chi connectivity index (χ0v) is 6.40. The molecule has 56 valence electrons. The van der Waals surface area contributed by atoms with E-state index in [-0.39, 0.29) is 6.04 Å². The van der Waals surface area contributed by atoms with E-state index in [1.54, 1.807) is 0 Å². The van der Waals surface area contributed by atoms with Crippen molar-refractivity contribution >= 4 is 0 Å². The van der Waals surface area contributed by atoms with Gasteiger partial charge in [-0.15, -0.1) is 0 Å². The third kappa shape index (κ3) is 1.33. The van der Waals surface area contributed by atoms with E-state index in [2.05, 4.69) is 14.7 Å². The number of aromatic nitrogens is 2. The summed E-state index contributed by atoms with van der Waals surface area (Å²) in [5, 5.41) is 3.71. The lowest BCUT2D eigenvalue weighted by atomic mass is 10.3. The Hall–Kier alpha value is -0.900. The Labute approximate surface area is 59.8 Å². The minimum Gasteiger partial charge on any atom is -0.343 e. The van der Waals surface area contributed by atoms with Gasteiger partial charge in [0.2, 0.25) is 6.39 Å². The molecule has 0 amide bonds. The fraction of sp³-hybridized carbons (Fsp3) is 0.667. The Morgan fingerprint density at radius 1 is 1.60 bits per heavy atom. The van der Waals surface area contributed by atoms with Gasteiger partial charge in [0.1, 0.15) is 0 Å². The second kappa shape index (κ2) is 2.79. The monoisotopic (exact) mass is 141 g/mol. The van der Waals surface area contributed by atoms with Crippen LogP contribution in [-0.2, 0) is 0 Å². The fourth-order valence-electron chi connectivity index (χ4n) is 0.594. The lowest BCUT2D eigenvalue weighted by Crippen LogP contribution is -2.17. The molecule has 1 aromatic rings. The first kappa shape index (κ1) is 7.21. The van der Waals surface area contributed by atoms with Crippen LogP contribution in [0, 0.1) is 0 Å². The standard InChI is InChI=1S/C6H11N3O/c1-5(9(2)3)6-7-4-10-8-6/h4-5H,1-3H3. The van der Waals surface area contributed by atoms with Crippen LogP contribution < -0.4 is 0 Å². The van der Waals surface area contributed by atoms with Gasteiger partial charge in [0.05, 0.1) is 6.04 Å². The molecule has 0 aromatic carbocycles. The van der Waals surface area contributed by atoms with Crippen molar-refractivity contribution in [3.63, 3.8) is 0 Å². The summed E-state index contributed by atoms with van der Waals surface area (Å²) in [5.74, 6) is 0.727. The van der Waals surface area contributed by atoms with Crippen LogP contribution in [0.25, 0.3) is 0 Å². The Balaban J connectivity index is 2.68. The van der Waals surface area contributed by atoms with Crippen molar-refractivity contribution in [1.82, 2.24) is 15.0 Å². The minimum atomic E-state index is 0.221. The molecule has 4 heteroatoms. The molecule has 10 heavy (non-hydrogen) atoms. The predicted octanol–water partition coefficient (Wildman–Crippen LogP) is 0.692. The van der Waals surface area contributed by atoms with Gasteiger partial charge < -0.3 is 4.52 Å². The van der Waals surface area contributed by atoms with Gasteiger partial charge in [0, 0.05) is 0 Å². The maximum absolute atomic E-state index is 4.60. The van der Waals surface area contributed by atoms with Crippen LogP contribution in [0.5, 0.6) is 0 Å². The summed E-state index contributed by atoms with van der Waals surface area (Å²) in [7, 11) is 3.95. The van der Waals surface area contributed by atoms with E-state index in [9.17, 15) is 0 Å². The summed E-state index contributed by atoms with van der Waals surface area (Å²) in [6, 6.07) is 0.221. The molecule has 1 atom stereocenters. The SMILES string of the molecule is CC(c1ncon1)N(C)C. The van der Waals surface area contributed by atoms with E-state index in [1.165, 1.54) is 6.39 Å². The molecule has 0 bridgehead atoms. The maximum atomic E-state index is 4.60. The molecular formula is C6H11N3O. The summed E-state index contributed by atoms with van der Waals surface area (Å²) in [6.07, 6.45) is 1.34. The highest BCUT2D eigenvalue weighted by Crippen LogP contribution is 2.10. The van der Waals surface area contributed by atoms with Gasteiger partial charge in [0.25, 0.3) is 0 Å². The van der Waals surface area contributed by atoms with Crippen LogP contribution in [0.1, 0.15) is 18.8 Å². The second-order valence-corrected chi connectivity index (χ2v) is 2.43. The van der Waals surface area contributed by atoms with Gasteiger partial charge in [-0.1, -0.05) is 5.16 Å². The van der Waals surface area contributed by atoms with Crippen LogP contribution in [0.4, 0.5) is 0 Å². The van der Waals surface area contributed by atoms with Crippen LogP contribution in [0.15, 0.2) is 10.9 Å². The topological polar surface area (TPSA) is 42.2 Å². The Morgan fingerprint density at radius 2 is 2.30 bits per heavy atom. The number of hydrogen-bond donors (Lipinski definition) is 0. The van der Waals surface area contributed by atoms with E-state index in [0.717, 1.165) is 5.82 Å². The lowest BCUT2D eigenvalue weighted by Gasteiger charge is -2.14. The minimum absolute atomic E-state index is 0.221. The Morgan fingerprint density at radius 3 is 2.70 bits per heavy atom. The van der Waals surface area contributed by atoms with E-state index in [0.29, 0.717) is 0 Å². The van der Waals surface area contributed by atoms with Gasteiger partial charge in [-0.3, -0.25) is 4.90 Å². The molecular weight excluding hydrogens is 130 g/mol. The summed E-state index contributed by atoms with van der Waals surface area (Å²) in [4.78, 5) is 5.94. The lowest BCUT2D eigenvalue weighted by molar-refractivity contribution is 0.296. The van der Waals surface area contributed by atoms with Crippen molar-refractivity contribution in [2.75, 3.05) is 14.1 Å². The van der Waals surface area contributed by atoms with E-state index in [1.807, 2.05) is 25.9 Å². The van der Waals surface area contributed by atoms with Crippen molar-refractivity contribution in [2.45, 2.75) is 13.0 Å². The van der Waals surface area contributed by atoms with E-state index < -0.39 is 0 Å². The number of rotatable bonds is 2. The fourth-order valence-corrected chi connectivity index (χ4v) is 0.594. The molecule has 0 aliphatic carbocycles. The summed E-state index contributed by atoms with van der Waals surface area (Å²) in [6.45, 7) is 2.02. The first-order valence-electron chi connectivity index (χ1n) is 3.14. The van der Waals surface area contributed by atoms with E-state index in [4.69, 9.17) is 0 Å². The highest BCUT2D eigenvalue weighted by Gasteiger charge is 2.11. The normalized spacial score (nSPS) is 14.0. The molecule has 0 aliphatic rings. The van der Waals surface area contributed by atoms with Crippen molar-refractivity contribution in [2.24, 2.45) is 0 Å².